The summed E-state index contributed by atoms with van der Waals surface area (Å²) in [6.07, 6.45) is 2.22. The predicted molar refractivity (Wildman–Crippen MR) is 133 cm³/mol. The molecule has 0 unspecified atom stereocenters. The molecule has 2 aromatic rings. The summed E-state index contributed by atoms with van der Waals surface area (Å²) in [5.74, 6) is 0. The molecule has 0 spiro atoms. The van der Waals surface area contributed by atoms with Crippen molar-refractivity contribution in [3.05, 3.63) is 80.7 Å². The summed E-state index contributed by atoms with van der Waals surface area (Å²) < 4.78 is 0. The van der Waals surface area contributed by atoms with Crippen LogP contribution in [0.3, 0.4) is 0 Å². The Morgan fingerprint density at radius 3 is 1.15 bits per heavy atom. The van der Waals surface area contributed by atoms with Crippen LogP contribution in [0.5, 0.6) is 0 Å². The first-order chi connectivity index (χ1) is 11.9. The third kappa shape index (κ3) is 20.4. The largest absolute Gasteiger partial charge is 3.00 e. The molecule has 0 nitrogen and oxygen atoms in total. The van der Waals surface area contributed by atoms with Crippen molar-refractivity contribution in [1.29, 1.82) is 0 Å². The average molecular weight is 462 g/mol. The Labute approximate surface area is 183 Å². The topological polar surface area (TPSA) is 0 Å². The van der Waals surface area contributed by atoms with Gasteiger partial charge < -0.3 is 20.0 Å². The second-order valence-corrected chi connectivity index (χ2v) is 21.8. The Bertz CT molecular complexity index is 511. The zero-order valence-corrected chi connectivity index (χ0v) is 22.2. The minimum absolute atomic E-state index is 0. The number of hydrogen-bond acceptors (Lipinski definition) is 0. The van der Waals surface area contributed by atoms with Crippen molar-refractivity contribution in [2.24, 2.45) is 0 Å². The van der Waals surface area contributed by atoms with Gasteiger partial charge in [-0.05, 0) is 24.3 Å². The molecule has 2 rings (SSSR count). The molecule has 0 saturated heterocycles. The molecule has 0 aliphatic heterocycles. The standard InChI is InChI=1S/C15H16P.2C4H11Si.Co/c1-2-13-16(14-9-5-3-6-10-14)15-11-7-4-8-12-15;2*1-5(2,3)4;/h3-12H,1-2,13H2;2*1H2,2-4H3;/q3*-1;+3/p+1. The molecule has 0 radical (unpaired) electrons. The molecule has 0 aliphatic rings. The maximum atomic E-state index is 4.00. The zero-order valence-electron chi connectivity index (χ0n) is 18.1. The maximum Gasteiger partial charge on any atom is 3.00 e. The first-order valence-corrected chi connectivity index (χ1v) is 18.5. The molecule has 0 aliphatic carbocycles. The summed E-state index contributed by atoms with van der Waals surface area (Å²) in [5.41, 5.74) is 0. The van der Waals surface area contributed by atoms with E-state index in [1.54, 1.807) is 0 Å². The molecule has 27 heavy (non-hydrogen) atoms. The van der Waals surface area contributed by atoms with Crippen LogP contribution in [-0.2, 0) is 16.8 Å². The van der Waals surface area contributed by atoms with Gasteiger partial charge in [-0.25, -0.2) is 0 Å². The van der Waals surface area contributed by atoms with E-state index in [9.17, 15) is 0 Å². The molecule has 0 atom stereocenters. The molecule has 0 bridgehead atoms. The summed E-state index contributed by atoms with van der Waals surface area (Å²) in [6, 6.07) is 21.7. The van der Waals surface area contributed by atoms with Crippen LogP contribution in [0.15, 0.2) is 60.7 Å². The molecule has 0 N–H and O–H groups in total. The third-order valence-corrected chi connectivity index (χ3v) is 5.59. The first-order valence-electron chi connectivity index (χ1n) is 9.38. The van der Waals surface area contributed by atoms with Crippen LogP contribution in [0.4, 0.5) is 0 Å². The maximum absolute atomic E-state index is 4.00. The van der Waals surface area contributed by atoms with Gasteiger partial charge in [0.15, 0.2) is 0 Å². The van der Waals surface area contributed by atoms with E-state index in [1.807, 2.05) is 0 Å². The summed E-state index contributed by atoms with van der Waals surface area (Å²) in [6.45, 7) is 25.1. The molecular weight excluding hydrogens is 422 g/mol. The Hall–Kier alpha value is -0.190. The Kier molecular flexibility index (Phi) is 15.9. The van der Waals surface area contributed by atoms with E-state index < -0.39 is 24.1 Å². The Morgan fingerprint density at radius 2 is 0.926 bits per heavy atom. The van der Waals surface area contributed by atoms with Crippen molar-refractivity contribution in [3.63, 3.8) is 0 Å². The van der Waals surface area contributed by atoms with Crippen LogP contribution in [0.1, 0.15) is 6.42 Å². The molecule has 4 heteroatoms. The van der Waals surface area contributed by atoms with E-state index in [1.165, 1.54) is 16.8 Å². The zero-order chi connectivity index (χ0) is 20.2. The summed E-state index contributed by atoms with van der Waals surface area (Å²) in [4.78, 5) is 0. The van der Waals surface area contributed by atoms with Crippen molar-refractivity contribution in [3.8, 4) is 0 Å². The van der Waals surface area contributed by atoms with Gasteiger partial charge in [0, 0.05) is 6.16 Å². The smallest absolute Gasteiger partial charge is 0.342 e. The second-order valence-electron chi connectivity index (χ2n) is 8.94. The summed E-state index contributed by atoms with van der Waals surface area (Å²) in [5, 5.41) is 2.98. The summed E-state index contributed by atoms with van der Waals surface area (Å²) >= 11 is 0. The molecule has 152 valence electrons. The minimum Gasteiger partial charge on any atom is -0.342 e. The fourth-order valence-electron chi connectivity index (χ4n) is 1.91. The van der Waals surface area contributed by atoms with Crippen molar-refractivity contribution in [2.45, 2.75) is 45.7 Å². The molecule has 0 heterocycles. The molecule has 0 amide bonds. The second kappa shape index (κ2) is 14.8. The average Bonchev–Trinajstić information content (AvgIpc) is 2.51. The minimum atomic E-state index is -0.861. The van der Waals surface area contributed by atoms with E-state index in [0.29, 0.717) is 0 Å². The molecular formula is C23H39CoPSi2+. The SMILES string of the molecule is [CH2-]CC[PH+](c1ccccc1)c1ccccc1.[CH2-][Si](C)(C)C.[CH2-][Si](C)(C)C.[Co+3]. The monoisotopic (exact) mass is 461 g/mol. The molecule has 0 saturated carbocycles. The van der Waals surface area contributed by atoms with Crippen LogP contribution in [0, 0.1) is 20.0 Å². The van der Waals surface area contributed by atoms with Gasteiger partial charge in [0.2, 0.25) is 0 Å². The fourth-order valence-corrected chi connectivity index (χ4v) is 4.36. The van der Waals surface area contributed by atoms with Gasteiger partial charge in [0.25, 0.3) is 0 Å². The Morgan fingerprint density at radius 1 is 0.667 bits per heavy atom. The van der Waals surface area contributed by atoms with Crippen molar-refractivity contribution >= 4 is 34.7 Å². The number of rotatable bonds is 4. The van der Waals surface area contributed by atoms with E-state index in [2.05, 4.69) is 120 Å². The van der Waals surface area contributed by atoms with Crippen LogP contribution in [0.25, 0.3) is 0 Å². The fraction of sp³-hybridized carbons (Fsp3) is 0.348. The van der Waals surface area contributed by atoms with Gasteiger partial charge in [-0.1, -0.05) is 75.7 Å². The van der Waals surface area contributed by atoms with Crippen molar-refractivity contribution < 1.29 is 16.8 Å². The van der Waals surface area contributed by atoms with Gasteiger partial charge in [-0.15, -0.1) is 22.6 Å². The van der Waals surface area contributed by atoms with E-state index >= 15 is 0 Å². The molecule has 0 fully saturated rings. The van der Waals surface area contributed by atoms with Gasteiger partial charge >= 0.3 is 16.8 Å². The molecule has 2 aromatic carbocycles. The third-order valence-electron chi connectivity index (χ3n) is 2.67. The first kappa shape index (κ1) is 29.0. The number of benzene rings is 2. The van der Waals surface area contributed by atoms with Gasteiger partial charge in [0.05, 0.1) is 18.5 Å². The van der Waals surface area contributed by atoms with Crippen LogP contribution in [-0.4, -0.2) is 22.3 Å². The van der Waals surface area contributed by atoms with E-state index in [0.717, 1.165) is 6.42 Å². The van der Waals surface area contributed by atoms with Crippen molar-refractivity contribution in [1.82, 2.24) is 0 Å². The van der Waals surface area contributed by atoms with E-state index in [4.69, 9.17) is 0 Å². The quantitative estimate of drug-likeness (QED) is 0.278. The van der Waals surface area contributed by atoms with Gasteiger partial charge in [-0.2, -0.15) is 0 Å². The van der Waals surface area contributed by atoms with Gasteiger partial charge in [0.1, 0.15) is 0 Å². The Balaban J connectivity index is 0. The van der Waals surface area contributed by atoms with Gasteiger partial charge in [-0.3, -0.25) is 0 Å². The van der Waals surface area contributed by atoms with Crippen LogP contribution in [0.2, 0.25) is 39.3 Å². The predicted octanol–water partition coefficient (Wildman–Crippen LogP) is 6.47. The van der Waals surface area contributed by atoms with Crippen LogP contribution >= 0.6 is 7.92 Å². The molecule has 0 aromatic heterocycles. The summed E-state index contributed by atoms with van der Waals surface area (Å²) in [7, 11) is -2.34. The van der Waals surface area contributed by atoms with Crippen molar-refractivity contribution in [2.75, 3.05) is 6.16 Å². The van der Waals surface area contributed by atoms with E-state index in [-0.39, 0.29) is 16.8 Å². The van der Waals surface area contributed by atoms with Crippen LogP contribution < -0.4 is 10.6 Å². The normalized spacial score (nSPS) is 10.7. The number of hydrogen-bond donors (Lipinski definition) is 0.